The van der Waals surface area contributed by atoms with E-state index in [1.54, 1.807) is 0 Å². The van der Waals surface area contributed by atoms with Gasteiger partial charge in [-0.3, -0.25) is 0 Å². The minimum Gasteiger partial charge on any atom is -0.310 e. The maximum absolute atomic E-state index is 2.48. The summed E-state index contributed by atoms with van der Waals surface area (Å²) in [5, 5.41) is 2.63. The Bertz CT molecular complexity index is 3310. The Kier molecular flexibility index (Phi) is 7.00. The topological polar surface area (TPSA) is 3.24 Å². The van der Waals surface area contributed by atoms with Gasteiger partial charge >= 0.3 is 0 Å². The zero-order chi connectivity index (χ0) is 39.4. The van der Waals surface area contributed by atoms with Gasteiger partial charge in [0.25, 0.3) is 0 Å². The number of hydrogen-bond donors (Lipinski definition) is 0. The minimum atomic E-state index is -0.421. The molecule has 1 heteroatoms. The van der Waals surface area contributed by atoms with Crippen molar-refractivity contribution in [1.29, 1.82) is 0 Å². The summed E-state index contributed by atoms with van der Waals surface area (Å²) in [6.45, 7) is 0. The monoisotopic (exact) mass is 759 g/mol. The zero-order valence-electron chi connectivity index (χ0n) is 32.8. The Morgan fingerprint density at radius 3 is 1.45 bits per heavy atom. The summed E-state index contributed by atoms with van der Waals surface area (Å²) in [7, 11) is 0. The van der Waals surface area contributed by atoms with Crippen molar-refractivity contribution in [3.63, 3.8) is 0 Å². The molecule has 0 atom stereocenters. The average Bonchev–Trinajstić information content (AvgIpc) is 3.94. The van der Waals surface area contributed by atoms with Crippen molar-refractivity contribution in [2.24, 2.45) is 0 Å². The molecule has 0 N–H and O–H groups in total. The van der Waals surface area contributed by atoms with Crippen LogP contribution in [0.1, 0.15) is 22.3 Å². The van der Waals surface area contributed by atoms with Crippen molar-refractivity contribution in [2.45, 2.75) is 5.41 Å². The van der Waals surface area contributed by atoms with E-state index in [4.69, 9.17) is 0 Å². The molecule has 60 heavy (non-hydrogen) atoms. The third kappa shape index (κ3) is 4.47. The van der Waals surface area contributed by atoms with E-state index in [2.05, 4.69) is 229 Å². The van der Waals surface area contributed by atoms with Crippen LogP contribution in [0, 0.1) is 0 Å². The molecule has 1 nitrogen and oxygen atoms in total. The highest BCUT2D eigenvalue weighted by Crippen LogP contribution is 2.64. The van der Waals surface area contributed by atoms with Crippen molar-refractivity contribution in [2.75, 3.05) is 4.90 Å². The lowest BCUT2D eigenvalue weighted by atomic mass is 9.70. The lowest BCUT2D eigenvalue weighted by Gasteiger charge is -2.32. The van der Waals surface area contributed by atoms with Gasteiger partial charge in [0.1, 0.15) is 0 Å². The summed E-state index contributed by atoms with van der Waals surface area (Å²) >= 11 is 0. The quantitative estimate of drug-likeness (QED) is 0.169. The van der Waals surface area contributed by atoms with Crippen molar-refractivity contribution in [1.82, 2.24) is 0 Å². The van der Waals surface area contributed by atoms with E-state index in [9.17, 15) is 0 Å². The van der Waals surface area contributed by atoms with Crippen molar-refractivity contribution >= 4 is 27.8 Å². The van der Waals surface area contributed by atoms with Crippen LogP contribution in [0.3, 0.4) is 0 Å². The maximum atomic E-state index is 2.48. The van der Waals surface area contributed by atoms with Gasteiger partial charge < -0.3 is 4.90 Å². The van der Waals surface area contributed by atoms with Gasteiger partial charge in [0.05, 0.1) is 11.1 Å². The third-order valence-electron chi connectivity index (χ3n) is 13.4. The van der Waals surface area contributed by atoms with Crippen LogP contribution in [0.15, 0.2) is 224 Å². The lowest BCUT2D eigenvalue weighted by Crippen LogP contribution is -2.26. The molecule has 0 aromatic heterocycles. The number of anilines is 3. The first-order valence-electron chi connectivity index (χ1n) is 20.9. The molecule has 10 aromatic carbocycles. The van der Waals surface area contributed by atoms with Crippen LogP contribution in [0.5, 0.6) is 0 Å². The standard InChI is InChI=1S/C59H37N/c1-2-14-38(15-3-1)39-28-33-42(34-29-39)60(43-35-30-40(31-36-43)44-37-32-41-16-12-22-48-45-17-4-5-20-49(45)57(44)56(41)48)55-27-13-26-54-58(55)50-21-8-11-25-53(50)59(54)51-23-9-6-18-46(51)47-19-7-10-24-52(47)59/h1-37H. The Morgan fingerprint density at radius 1 is 0.267 bits per heavy atom. The van der Waals surface area contributed by atoms with E-state index in [0.717, 1.165) is 11.4 Å². The lowest BCUT2D eigenvalue weighted by molar-refractivity contribution is 0.794. The van der Waals surface area contributed by atoms with Crippen LogP contribution < -0.4 is 4.90 Å². The maximum Gasteiger partial charge on any atom is 0.0726 e. The second-order valence-electron chi connectivity index (χ2n) is 16.3. The van der Waals surface area contributed by atoms with Crippen molar-refractivity contribution in [3.05, 3.63) is 247 Å². The summed E-state index contributed by atoms with van der Waals surface area (Å²) in [6.07, 6.45) is 0. The molecular formula is C59H37N. The molecule has 3 aliphatic rings. The molecule has 0 unspecified atom stereocenters. The number of benzene rings is 10. The molecule has 10 aromatic rings. The van der Waals surface area contributed by atoms with Crippen LogP contribution in [-0.4, -0.2) is 0 Å². The molecule has 13 rings (SSSR count). The number of hydrogen-bond acceptors (Lipinski definition) is 1. The fraction of sp³-hybridized carbons (Fsp3) is 0.0169. The van der Waals surface area contributed by atoms with Crippen molar-refractivity contribution < 1.29 is 0 Å². The molecule has 0 heterocycles. The molecular weight excluding hydrogens is 723 g/mol. The van der Waals surface area contributed by atoms with Crippen molar-refractivity contribution in [3.8, 4) is 66.8 Å². The summed E-state index contributed by atoms with van der Waals surface area (Å²) in [6, 6.07) is 83.4. The third-order valence-corrected chi connectivity index (χ3v) is 13.4. The molecule has 1 spiro atoms. The molecule has 0 aliphatic heterocycles. The van der Waals surface area contributed by atoms with Gasteiger partial charge in [0, 0.05) is 16.9 Å². The van der Waals surface area contributed by atoms with Gasteiger partial charge in [-0.1, -0.05) is 194 Å². The number of fused-ring (bicyclic) bond motifs is 13. The Labute approximate surface area is 350 Å². The van der Waals surface area contributed by atoms with Gasteiger partial charge in [0.15, 0.2) is 0 Å². The SMILES string of the molecule is c1ccc(-c2ccc(N(c3ccc(-c4ccc5cccc6c5c4-c4ccccc4-6)cc3)c3cccc4c3-c3ccccc3C43c4ccccc4-c4ccccc43)cc2)cc1. The first-order chi connectivity index (χ1) is 29.8. The molecule has 0 saturated carbocycles. The van der Waals surface area contributed by atoms with Crippen LogP contribution in [0.2, 0.25) is 0 Å². The molecule has 0 fully saturated rings. The highest BCUT2D eigenvalue weighted by molar-refractivity contribution is 6.19. The second-order valence-corrected chi connectivity index (χ2v) is 16.3. The predicted molar refractivity (Wildman–Crippen MR) is 250 cm³/mol. The number of nitrogens with zero attached hydrogens (tertiary/aromatic N) is 1. The molecule has 278 valence electrons. The Balaban J connectivity index is 1.02. The van der Waals surface area contributed by atoms with Crippen LogP contribution >= 0.6 is 0 Å². The smallest absolute Gasteiger partial charge is 0.0726 e. The first-order valence-corrected chi connectivity index (χ1v) is 20.9. The highest BCUT2D eigenvalue weighted by Gasteiger charge is 2.52. The summed E-state index contributed by atoms with van der Waals surface area (Å²) < 4.78 is 0. The van der Waals surface area contributed by atoms with E-state index in [1.807, 2.05) is 0 Å². The largest absolute Gasteiger partial charge is 0.310 e. The molecule has 3 aliphatic carbocycles. The van der Waals surface area contributed by atoms with Gasteiger partial charge in [-0.15, -0.1) is 0 Å². The normalized spacial score (nSPS) is 13.1. The van der Waals surface area contributed by atoms with E-state index in [1.165, 1.54) is 105 Å². The molecule has 0 bridgehead atoms. The number of rotatable bonds is 5. The zero-order valence-corrected chi connectivity index (χ0v) is 32.8. The van der Waals surface area contributed by atoms with Gasteiger partial charge in [-0.05, 0) is 125 Å². The average molecular weight is 760 g/mol. The van der Waals surface area contributed by atoms with Crippen LogP contribution in [0.4, 0.5) is 17.1 Å². The second kappa shape index (κ2) is 12.6. The molecule has 0 radical (unpaired) electrons. The van der Waals surface area contributed by atoms with Crippen LogP contribution in [-0.2, 0) is 5.41 Å². The summed E-state index contributed by atoms with van der Waals surface area (Å²) in [4.78, 5) is 2.48. The highest BCUT2D eigenvalue weighted by atomic mass is 15.1. The Hall–Kier alpha value is -7.74. The molecule has 0 amide bonds. The summed E-state index contributed by atoms with van der Waals surface area (Å²) in [5.41, 5.74) is 23.7. The van der Waals surface area contributed by atoms with E-state index in [0.29, 0.717) is 0 Å². The molecule has 0 saturated heterocycles. The van der Waals surface area contributed by atoms with Gasteiger partial charge in [0.2, 0.25) is 0 Å². The van der Waals surface area contributed by atoms with Crippen LogP contribution in [0.25, 0.3) is 77.5 Å². The van der Waals surface area contributed by atoms with Gasteiger partial charge in [-0.25, -0.2) is 0 Å². The predicted octanol–water partition coefficient (Wildman–Crippen LogP) is 15.6. The fourth-order valence-corrected chi connectivity index (χ4v) is 11.0. The van der Waals surface area contributed by atoms with Gasteiger partial charge in [-0.2, -0.15) is 0 Å². The first kappa shape index (κ1) is 33.3. The summed E-state index contributed by atoms with van der Waals surface area (Å²) in [5.74, 6) is 0. The van der Waals surface area contributed by atoms with E-state index >= 15 is 0 Å². The minimum absolute atomic E-state index is 0.421. The van der Waals surface area contributed by atoms with E-state index < -0.39 is 5.41 Å². The Morgan fingerprint density at radius 2 is 0.767 bits per heavy atom. The fourth-order valence-electron chi connectivity index (χ4n) is 11.0. The van der Waals surface area contributed by atoms with E-state index in [-0.39, 0.29) is 0 Å².